The standard InChI is InChI=1S/C22H23ClN6O3S/c1-28-12-11-16(26-28)21-24-25-22(27-33-13-17(30)14-7-9-15(23)10-8-14)29(21)20-18(31-2)5-4-6-19(20)32-3/h4-12,17,30H,13H2,1-3H3,(H,25,27). The van der Waals surface area contributed by atoms with Gasteiger partial charge >= 0.3 is 0 Å². The number of benzene rings is 2. The number of rotatable bonds is 9. The highest BCUT2D eigenvalue weighted by Gasteiger charge is 2.23. The Morgan fingerprint density at radius 1 is 1.06 bits per heavy atom. The Morgan fingerprint density at radius 3 is 2.36 bits per heavy atom. The number of aliphatic hydroxyl groups is 1. The number of halogens is 1. The highest BCUT2D eigenvalue weighted by molar-refractivity contribution is 8.00. The monoisotopic (exact) mass is 486 g/mol. The van der Waals surface area contributed by atoms with E-state index in [4.69, 9.17) is 21.1 Å². The highest BCUT2D eigenvalue weighted by Crippen LogP contribution is 2.37. The predicted octanol–water partition coefficient (Wildman–Crippen LogP) is 4.13. The third-order valence-electron chi connectivity index (χ3n) is 4.89. The van der Waals surface area contributed by atoms with Crippen LogP contribution < -0.4 is 14.2 Å². The third kappa shape index (κ3) is 4.92. The number of anilines is 1. The van der Waals surface area contributed by atoms with Gasteiger partial charge < -0.3 is 14.6 Å². The van der Waals surface area contributed by atoms with Crippen molar-refractivity contribution in [1.82, 2.24) is 24.5 Å². The van der Waals surface area contributed by atoms with Crippen LogP contribution in [0.25, 0.3) is 17.2 Å². The molecule has 0 aliphatic carbocycles. The summed E-state index contributed by atoms with van der Waals surface area (Å²) in [5.74, 6) is 2.49. The van der Waals surface area contributed by atoms with Crippen LogP contribution in [0.5, 0.6) is 11.5 Å². The lowest BCUT2D eigenvalue weighted by Crippen LogP contribution is -2.08. The number of hydrogen-bond donors (Lipinski definition) is 2. The van der Waals surface area contributed by atoms with E-state index < -0.39 is 6.10 Å². The first-order valence-electron chi connectivity index (χ1n) is 10.00. The van der Waals surface area contributed by atoms with Gasteiger partial charge in [0, 0.05) is 24.0 Å². The first kappa shape index (κ1) is 23.0. The maximum atomic E-state index is 10.5. The molecule has 4 aromatic rings. The van der Waals surface area contributed by atoms with Gasteiger partial charge in [-0.2, -0.15) is 5.10 Å². The number of nitrogens with one attached hydrogen (secondary N) is 1. The molecule has 33 heavy (non-hydrogen) atoms. The Bertz CT molecular complexity index is 1210. The van der Waals surface area contributed by atoms with Crippen molar-refractivity contribution in [3.63, 3.8) is 0 Å². The van der Waals surface area contributed by atoms with Crippen LogP contribution in [0.4, 0.5) is 5.95 Å². The van der Waals surface area contributed by atoms with Gasteiger partial charge in [-0.1, -0.05) is 29.8 Å². The summed E-state index contributed by atoms with van der Waals surface area (Å²) in [5, 5.41) is 24.3. The average molecular weight is 487 g/mol. The largest absolute Gasteiger partial charge is 0.494 e. The molecule has 0 saturated carbocycles. The normalized spacial score (nSPS) is 11.9. The summed E-state index contributed by atoms with van der Waals surface area (Å²) < 4.78 is 17.9. The molecule has 2 heterocycles. The van der Waals surface area contributed by atoms with Gasteiger partial charge in [-0.15, -0.1) is 10.2 Å². The molecule has 9 nitrogen and oxygen atoms in total. The van der Waals surface area contributed by atoms with Crippen molar-refractivity contribution in [3.05, 3.63) is 65.3 Å². The first-order chi connectivity index (χ1) is 16.0. The Balaban J connectivity index is 1.67. The average Bonchev–Trinajstić information content (AvgIpc) is 3.44. The highest BCUT2D eigenvalue weighted by atomic mass is 35.5. The van der Waals surface area contributed by atoms with Gasteiger partial charge in [0.1, 0.15) is 22.9 Å². The molecule has 0 saturated heterocycles. The van der Waals surface area contributed by atoms with E-state index in [-0.39, 0.29) is 0 Å². The number of methoxy groups -OCH3 is 2. The smallest absolute Gasteiger partial charge is 0.239 e. The Labute approximate surface area is 200 Å². The summed E-state index contributed by atoms with van der Waals surface area (Å²) in [6.07, 6.45) is 1.14. The van der Waals surface area contributed by atoms with Crippen LogP contribution in [0.1, 0.15) is 11.7 Å². The summed E-state index contributed by atoms with van der Waals surface area (Å²) in [5.41, 5.74) is 2.04. The molecule has 0 fully saturated rings. The molecule has 0 aliphatic heterocycles. The third-order valence-corrected chi connectivity index (χ3v) is 5.95. The van der Waals surface area contributed by atoms with Gasteiger partial charge in [0.15, 0.2) is 5.82 Å². The van der Waals surface area contributed by atoms with E-state index in [2.05, 4.69) is 20.0 Å². The number of aliphatic hydroxyl groups excluding tert-OH is 1. The molecule has 0 radical (unpaired) electrons. The fourth-order valence-electron chi connectivity index (χ4n) is 3.28. The van der Waals surface area contributed by atoms with Gasteiger partial charge in [0.25, 0.3) is 0 Å². The zero-order chi connectivity index (χ0) is 23.4. The van der Waals surface area contributed by atoms with Crippen molar-refractivity contribution >= 4 is 29.5 Å². The van der Waals surface area contributed by atoms with E-state index in [1.807, 2.05) is 37.5 Å². The van der Waals surface area contributed by atoms with E-state index in [0.29, 0.717) is 45.4 Å². The van der Waals surface area contributed by atoms with Crippen LogP contribution in [0.3, 0.4) is 0 Å². The lowest BCUT2D eigenvalue weighted by atomic mass is 10.1. The number of aryl methyl sites for hydroxylation is 1. The van der Waals surface area contributed by atoms with Gasteiger partial charge in [0.2, 0.25) is 5.95 Å². The molecule has 0 amide bonds. The summed E-state index contributed by atoms with van der Waals surface area (Å²) in [4.78, 5) is 0. The van der Waals surface area contributed by atoms with Crippen LogP contribution in [-0.4, -0.2) is 49.6 Å². The molecule has 2 aromatic heterocycles. The summed E-state index contributed by atoms with van der Waals surface area (Å²) >= 11 is 7.24. The first-order valence-corrected chi connectivity index (χ1v) is 11.4. The second kappa shape index (κ2) is 10.2. The van der Waals surface area contributed by atoms with Crippen molar-refractivity contribution in [2.45, 2.75) is 6.10 Å². The molecule has 2 N–H and O–H groups in total. The lowest BCUT2D eigenvalue weighted by molar-refractivity contribution is 0.204. The summed E-state index contributed by atoms with van der Waals surface area (Å²) in [6.45, 7) is 0. The number of nitrogens with zero attached hydrogens (tertiary/aromatic N) is 5. The Morgan fingerprint density at radius 2 is 1.76 bits per heavy atom. The quantitative estimate of drug-likeness (QED) is 0.341. The molecule has 0 aliphatic rings. The SMILES string of the molecule is COc1cccc(OC)c1-n1c(NSCC(O)c2ccc(Cl)cc2)nnc1-c1ccn(C)n1. The van der Waals surface area contributed by atoms with E-state index in [9.17, 15) is 5.11 Å². The van der Waals surface area contributed by atoms with E-state index in [1.54, 1.807) is 47.7 Å². The number of hydrogen-bond acceptors (Lipinski definition) is 8. The fraction of sp³-hybridized carbons (Fsp3) is 0.227. The molecule has 2 aromatic carbocycles. The number of ether oxygens (including phenoxy) is 2. The molecule has 1 atom stereocenters. The van der Waals surface area contributed by atoms with Gasteiger partial charge in [-0.3, -0.25) is 14.0 Å². The molecule has 1 unspecified atom stereocenters. The minimum Gasteiger partial charge on any atom is -0.494 e. The molecule has 172 valence electrons. The van der Waals surface area contributed by atoms with Crippen molar-refractivity contribution in [3.8, 4) is 28.7 Å². The zero-order valence-electron chi connectivity index (χ0n) is 18.3. The second-order valence-corrected chi connectivity index (χ2v) is 8.31. The Hall–Kier alpha value is -3.21. The molecule has 4 rings (SSSR count). The fourth-order valence-corrected chi connectivity index (χ4v) is 4.10. The molecule has 0 spiro atoms. The maximum Gasteiger partial charge on any atom is 0.239 e. The number of para-hydroxylation sites is 1. The van der Waals surface area contributed by atoms with Crippen LogP contribution in [0, 0.1) is 0 Å². The number of aromatic nitrogens is 5. The van der Waals surface area contributed by atoms with Crippen molar-refractivity contribution in [1.29, 1.82) is 0 Å². The van der Waals surface area contributed by atoms with Gasteiger partial charge in [-0.25, -0.2) is 0 Å². The predicted molar refractivity (Wildman–Crippen MR) is 129 cm³/mol. The van der Waals surface area contributed by atoms with Gasteiger partial charge in [-0.05, 0) is 47.8 Å². The van der Waals surface area contributed by atoms with Crippen LogP contribution >= 0.6 is 23.5 Å². The molecular weight excluding hydrogens is 464 g/mol. The minimum atomic E-state index is -0.688. The zero-order valence-corrected chi connectivity index (χ0v) is 19.8. The maximum absolute atomic E-state index is 10.5. The summed E-state index contributed by atoms with van der Waals surface area (Å²) in [6, 6.07) is 14.5. The Kier molecular flexibility index (Phi) is 7.07. The molecular formula is C22H23ClN6O3S. The molecule has 11 heteroatoms. The lowest BCUT2D eigenvalue weighted by Gasteiger charge is -2.17. The van der Waals surface area contributed by atoms with Crippen molar-refractivity contribution in [2.24, 2.45) is 7.05 Å². The van der Waals surface area contributed by atoms with E-state index >= 15 is 0 Å². The topological polar surface area (TPSA) is 99.3 Å². The van der Waals surface area contributed by atoms with Crippen LogP contribution in [0.2, 0.25) is 5.02 Å². The van der Waals surface area contributed by atoms with Crippen LogP contribution in [-0.2, 0) is 7.05 Å². The van der Waals surface area contributed by atoms with Crippen LogP contribution in [0.15, 0.2) is 54.7 Å². The van der Waals surface area contributed by atoms with Crippen molar-refractivity contribution in [2.75, 3.05) is 24.7 Å². The minimum absolute atomic E-state index is 0.372. The van der Waals surface area contributed by atoms with E-state index in [0.717, 1.165) is 5.56 Å². The van der Waals surface area contributed by atoms with Crippen molar-refractivity contribution < 1.29 is 14.6 Å². The summed E-state index contributed by atoms with van der Waals surface area (Å²) in [7, 11) is 5.02. The van der Waals surface area contributed by atoms with Gasteiger partial charge in [0.05, 0.1) is 20.3 Å². The second-order valence-electron chi connectivity index (χ2n) is 7.05. The molecule has 0 bridgehead atoms. The van der Waals surface area contributed by atoms with E-state index in [1.165, 1.54) is 11.9 Å².